The Kier molecular flexibility index (Phi) is 6.09. The van der Waals surface area contributed by atoms with E-state index in [1.165, 1.54) is 5.56 Å². The number of hydrogen-bond acceptors (Lipinski definition) is 6. The molecule has 1 aromatic carbocycles. The lowest BCUT2D eigenvalue weighted by Gasteiger charge is -2.35. The van der Waals surface area contributed by atoms with E-state index >= 15 is 0 Å². The van der Waals surface area contributed by atoms with Crippen molar-refractivity contribution in [2.45, 2.75) is 12.7 Å². The number of aromatic nitrogens is 4. The number of rotatable bonds is 6. The third-order valence-corrected chi connectivity index (χ3v) is 5.99. The van der Waals surface area contributed by atoms with Crippen LogP contribution < -0.4 is 4.90 Å². The van der Waals surface area contributed by atoms with E-state index in [9.17, 15) is 4.79 Å². The monoisotopic (exact) mass is 408 g/mol. The highest BCUT2D eigenvalue weighted by Gasteiger charge is 2.22. The summed E-state index contributed by atoms with van der Waals surface area (Å²) in [4.78, 5) is 20.8. The Hall–Kier alpha value is -2.87. The van der Waals surface area contributed by atoms with Crippen molar-refractivity contribution in [2.75, 3.05) is 36.8 Å². The molecule has 150 valence electrons. The first-order valence-corrected chi connectivity index (χ1v) is 10.8. The summed E-state index contributed by atoms with van der Waals surface area (Å²) >= 11 is 1.67. The van der Waals surface area contributed by atoms with Crippen LogP contribution in [-0.4, -0.2) is 62.5 Å². The molecule has 4 rings (SSSR count). The maximum atomic E-state index is 12.5. The predicted octanol–water partition coefficient (Wildman–Crippen LogP) is 2.55. The molecule has 1 fully saturated rings. The minimum Gasteiger partial charge on any atom is -0.352 e. The van der Waals surface area contributed by atoms with Crippen LogP contribution >= 0.6 is 11.8 Å². The molecule has 0 unspecified atom stereocenters. The third-order valence-electron chi connectivity index (χ3n) is 5.00. The maximum Gasteiger partial charge on any atom is 0.232 e. The average Bonchev–Trinajstić information content (AvgIpc) is 3.20. The van der Waals surface area contributed by atoms with Gasteiger partial charge in [0.15, 0.2) is 11.6 Å². The highest BCUT2D eigenvalue weighted by molar-refractivity contribution is 7.99. The van der Waals surface area contributed by atoms with Crippen molar-refractivity contribution in [3.63, 3.8) is 0 Å². The van der Waals surface area contributed by atoms with Gasteiger partial charge >= 0.3 is 0 Å². The number of carbonyl (C=O) groups excluding carboxylic acids is 1. The molecule has 8 heteroatoms. The van der Waals surface area contributed by atoms with E-state index in [4.69, 9.17) is 0 Å². The Balaban J connectivity index is 1.25. The number of imidazole rings is 1. The van der Waals surface area contributed by atoms with E-state index in [1.54, 1.807) is 18.0 Å². The second-order valence-electron chi connectivity index (χ2n) is 6.94. The van der Waals surface area contributed by atoms with E-state index in [0.29, 0.717) is 5.75 Å². The van der Waals surface area contributed by atoms with Crippen molar-refractivity contribution in [3.8, 4) is 5.82 Å². The van der Waals surface area contributed by atoms with Crippen molar-refractivity contribution in [1.29, 1.82) is 0 Å². The van der Waals surface area contributed by atoms with Crippen LogP contribution in [0, 0.1) is 6.92 Å². The molecule has 3 heterocycles. The smallest absolute Gasteiger partial charge is 0.232 e. The molecule has 0 bridgehead atoms. The number of aryl methyl sites for hydroxylation is 1. The minimum absolute atomic E-state index is 0.211. The number of piperazine rings is 1. The summed E-state index contributed by atoms with van der Waals surface area (Å²) in [6.45, 7) is 4.91. The molecular weight excluding hydrogens is 384 g/mol. The van der Waals surface area contributed by atoms with Gasteiger partial charge in [-0.25, -0.2) is 4.98 Å². The maximum absolute atomic E-state index is 12.5. The Labute approximate surface area is 174 Å². The van der Waals surface area contributed by atoms with E-state index < -0.39 is 0 Å². The van der Waals surface area contributed by atoms with Crippen LogP contribution in [0.25, 0.3) is 5.82 Å². The van der Waals surface area contributed by atoms with Crippen LogP contribution in [0.2, 0.25) is 0 Å². The molecule has 0 aliphatic carbocycles. The molecular formula is C21H24N6OS. The van der Waals surface area contributed by atoms with Gasteiger partial charge in [0.2, 0.25) is 5.91 Å². The first-order valence-electron chi connectivity index (χ1n) is 9.69. The topological polar surface area (TPSA) is 67.2 Å². The van der Waals surface area contributed by atoms with Crippen molar-refractivity contribution in [3.05, 3.63) is 66.2 Å². The van der Waals surface area contributed by atoms with Crippen LogP contribution in [0.15, 0.2) is 54.9 Å². The summed E-state index contributed by atoms with van der Waals surface area (Å²) in [7, 11) is 0. The molecule has 1 amide bonds. The first kappa shape index (κ1) is 19.4. The van der Waals surface area contributed by atoms with Crippen LogP contribution in [0.3, 0.4) is 0 Å². The number of hydrogen-bond donors (Lipinski definition) is 0. The predicted molar refractivity (Wildman–Crippen MR) is 115 cm³/mol. The van der Waals surface area contributed by atoms with Crippen molar-refractivity contribution < 1.29 is 4.79 Å². The van der Waals surface area contributed by atoms with Crippen LogP contribution in [0.4, 0.5) is 5.82 Å². The fraction of sp³-hybridized carbons (Fsp3) is 0.333. The lowest BCUT2D eigenvalue weighted by atomic mass is 10.2. The number of anilines is 1. The molecule has 3 aromatic rings. The Morgan fingerprint density at radius 1 is 1.00 bits per heavy atom. The Morgan fingerprint density at radius 2 is 1.72 bits per heavy atom. The number of benzene rings is 1. The molecule has 0 atom stereocenters. The SMILES string of the molecule is Cc1nccn1-c1ccc(N2CCN(C(=O)CSCc3ccccc3)CC2)nn1. The zero-order chi connectivity index (χ0) is 20.1. The fourth-order valence-electron chi connectivity index (χ4n) is 3.34. The molecule has 7 nitrogen and oxygen atoms in total. The van der Waals surface area contributed by atoms with Crippen LogP contribution in [-0.2, 0) is 10.5 Å². The Morgan fingerprint density at radius 3 is 2.38 bits per heavy atom. The van der Waals surface area contributed by atoms with Gasteiger partial charge in [-0.15, -0.1) is 22.0 Å². The van der Waals surface area contributed by atoms with Gasteiger partial charge in [-0.2, -0.15) is 0 Å². The number of amides is 1. The highest BCUT2D eigenvalue weighted by Crippen LogP contribution is 2.17. The van der Waals surface area contributed by atoms with Crippen LogP contribution in [0.1, 0.15) is 11.4 Å². The van der Waals surface area contributed by atoms with Crippen LogP contribution in [0.5, 0.6) is 0 Å². The van der Waals surface area contributed by atoms with Gasteiger partial charge < -0.3 is 9.80 Å². The zero-order valence-electron chi connectivity index (χ0n) is 16.4. The number of carbonyl (C=O) groups is 1. The van der Waals surface area contributed by atoms with E-state index in [0.717, 1.165) is 49.4 Å². The summed E-state index contributed by atoms with van der Waals surface area (Å²) < 4.78 is 1.90. The van der Waals surface area contributed by atoms with Gasteiger partial charge in [-0.1, -0.05) is 30.3 Å². The molecule has 2 aromatic heterocycles. The average molecular weight is 409 g/mol. The molecule has 0 saturated carbocycles. The molecule has 0 N–H and O–H groups in total. The first-order chi connectivity index (χ1) is 14.2. The van der Waals surface area contributed by atoms with E-state index in [1.807, 2.05) is 52.9 Å². The van der Waals surface area contributed by atoms with Gasteiger partial charge in [0.25, 0.3) is 0 Å². The van der Waals surface area contributed by atoms with E-state index in [-0.39, 0.29) is 5.91 Å². The van der Waals surface area contributed by atoms with Gasteiger partial charge in [0, 0.05) is 44.3 Å². The van der Waals surface area contributed by atoms with Gasteiger partial charge in [0.1, 0.15) is 5.82 Å². The van der Waals surface area contributed by atoms with Crippen molar-refractivity contribution in [1.82, 2.24) is 24.6 Å². The third kappa shape index (κ3) is 4.76. The van der Waals surface area contributed by atoms with Crippen molar-refractivity contribution in [2.24, 2.45) is 0 Å². The molecule has 29 heavy (non-hydrogen) atoms. The molecule has 1 aliphatic rings. The fourth-order valence-corrected chi connectivity index (χ4v) is 4.23. The largest absolute Gasteiger partial charge is 0.352 e. The molecule has 1 aliphatic heterocycles. The molecule has 0 radical (unpaired) electrons. The van der Waals surface area contributed by atoms with Gasteiger partial charge in [0.05, 0.1) is 5.75 Å². The highest BCUT2D eigenvalue weighted by atomic mass is 32.2. The number of thioether (sulfide) groups is 1. The van der Waals surface area contributed by atoms with Gasteiger partial charge in [-0.05, 0) is 24.6 Å². The lowest BCUT2D eigenvalue weighted by Crippen LogP contribution is -2.49. The summed E-state index contributed by atoms with van der Waals surface area (Å²) in [5.41, 5.74) is 1.25. The number of nitrogens with zero attached hydrogens (tertiary/aromatic N) is 6. The standard InChI is InChI=1S/C21H24N6OS/c1-17-22-9-10-27(17)20-8-7-19(23-24-20)25-11-13-26(14-12-25)21(28)16-29-15-18-5-3-2-4-6-18/h2-10H,11-16H2,1H3. The summed E-state index contributed by atoms with van der Waals surface area (Å²) in [5, 5.41) is 8.70. The lowest BCUT2D eigenvalue weighted by molar-refractivity contribution is -0.128. The second kappa shape index (κ2) is 9.09. The summed E-state index contributed by atoms with van der Waals surface area (Å²) in [6, 6.07) is 14.2. The molecule has 1 saturated heterocycles. The normalized spacial score (nSPS) is 14.2. The second-order valence-corrected chi connectivity index (χ2v) is 7.93. The zero-order valence-corrected chi connectivity index (χ0v) is 17.3. The van der Waals surface area contributed by atoms with Gasteiger partial charge in [-0.3, -0.25) is 9.36 Å². The Bertz CT molecular complexity index is 935. The summed E-state index contributed by atoms with van der Waals surface area (Å²) in [5.74, 6) is 4.08. The quantitative estimate of drug-likeness (QED) is 0.625. The minimum atomic E-state index is 0.211. The van der Waals surface area contributed by atoms with Crippen molar-refractivity contribution >= 4 is 23.5 Å². The molecule has 0 spiro atoms. The summed E-state index contributed by atoms with van der Waals surface area (Å²) in [6.07, 6.45) is 3.62. The van der Waals surface area contributed by atoms with E-state index in [2.05, 4.69) is 32.2 Å².